The Morgan fingerprint density at radius 1 is 1.24 bits per heavy atom. The molecule has 9 heteroatoms. The van der Waals surface area contributed by atoms with Gasteiger partial charge in [0.15, 0.2) is 0 Å². The summed E-state index contributed by atoms with van der Waals surface area (Å²) in [6.07, 6.45) is -3.97. The summed E-state index contributed by atoms with van der Waals surface area (Å²) in [5.41, 5.74) is -2.99. The number of amides is 3. The Hall–Kier alpha value is -2.60. The summed E-state index contributed by atoms with van der Waals surface area (Å²) in [5.74, 6) is -0.552. The number of nitrogens with zero attached hydrogens (tertiary/aromatic N) is 3. The van der Waals surface area contributed by atoms with Crippen LogP contribution >= 0.6 is 0 Å². The van der Waals surface area contributed by atoms with Gasteiger partial charge < -0.3 is 10.2 Å². The largest absolute Gasteiger partial charge is 0.417 e. The zero-order valence-corrected chi connectivity index (χ0v) is 13.4. The van der Waals surface area contributed by atoms with Crippen LogP contribution in [0.4, 0.5) is 23.7 Å². The van der Waals surface area contributed by atoms with Crippen molar-refractivity contribution in [3.8, 4) is 6.07 Å². The zero-order valence-electron chi connectivity index (χ0n) is 13.4. The highest BCUT2D eigenvalue weighted by Gasteiger charge is 2.52. The number of imide groups is 1. The van der Waals surface area contributed by atoms with Crippen molar-refractivity contribution in [3.05, 3.63) is 29.3 Å². The van der Waals surface area contributed by atoms with Crippen molar-refractivity contribution < 1.29 is 22.8 Å². The topological polar surface area (TPSA) is 76.4 Å². The molecule has 1 N–H and O–H groups in total. The second-order valence-electron chi connectivity index (χ2n) is 6.30. The number of carbonyl (C=O) groups is 2. The summed E-state index contributed by atoms with van der Waals surface area (Å²) in [6, 6.07) is 3.55. The number of carbonyl (C=O) groups excluding carboxylic acids is 2. The van der Waals surface area contributed by atoms with Gasteiger partial charge in [0.25, 0.3) is 5.91 Å². The van der Waals surface area contributed by atoms with Crippen LogP contribution in [0, 0.1) is 11.3 Å². The molecule has 0 atom stereocenters. The van der Waals surface area contributed by atoms with E-state index in [0.717, 1.165) is 11.0 Å². The number of urea groups is 1. The highest BCUT2D eigenvalue weighted by molar-refractivity contribution is 6.23. The number of nitrogens with one attached hydrogen (secondary N) is 1. The molecule has 3 amide bonds. The van der Waals surface area contributed by atoms with Crippen molar-refractivity contribution in [1.29, 1.82) is 5.26 Å². The first-order chi connectivity index (χ1) is 11.7. The number of halogens is 3. The molecule has 0 unspecified atom stereocenters. The Kier molecular flexibility index (Phi) is 3.95. The van der Waals surface area contributed by atoms with Crippen LogP contribution in [0.25, 0.3) is 0 Å². The lowest BCUT2D eigenvalue weighted by Crippen LogP contribution is -2.54. The van der Waals surface area contributed by atoms with E-state index in [1.807, 2.05) is 11.9 Å². The van der Waals surface area contributed by atoms with Gasteiger partial charge >= 0.3 is 12.2 Å². The average molecular weight is 352 g/mol. The Labute approximate surface area is 141 Å². The van der Waals surface area contributed by atoms with Crippen LogP contribution in [0.5, 0.6) is 0 Å². The van der Waals surface area contributed by atoms with Gasteiger partial charge in [-0.25, -0.2) is 9.69 Å². The number of hydrogen-bond acceptors (Lipinski definition) is 4. The van der Waals surface area contributed by atoms with Crippen molar-refractivity contribution in [2.75, 3.05) is 25.0 Å². The highest BCUT2D eigenvalue weighted by Crippen LogP contribution is 2.37. The van der Waals surface area contributed by atoms with Gasteiger partial charge in [0, 0.05) is 13.1 Å². The number of nitriles is 1. The van der Waals surface area contributed by atoms with E-state index in [1.54, 1.807) is 0 Å². The van der Waals surface area contributed by atoms with E-state index in [-0.39, 0.29) is 5.69 Å². The van der Waals surface area contributed by atoms with Crippen molar-refractivity contribution >= 4 is 17.6 Å². The molecule has 0 bridgehead atoms. The molecule has 1 spiro atoms. The predicted octanol–water partition coefficient (Wildman–Crippen LogP) is 2.10. The summed E-state index contributed by atoms with van der Waals surface area (Å²) in [6.45, 7) is 1.20. The van der Waals surface area contributed by atoms with Crippen LogP contribution in [0.2, 0.25) is 0 Å². The SMILES string of the molecule is CN1CCC2(CC1)NC(=O)N(c1ccc(C#N)c(C(F)(F)F)c1)C2=O. The molecule has 2 aliphatic heterocycles. The van der Waals surface area contributed by atoms with Gasteiger partial charge in [0.1, 0.15) is 5.54 Å². The minimum Gasteiger partial charge on any atom is -0.323 e. The van der Waals surface area contributed by atoms with Crippen LogP contribution in [0.15, 0.2) is 18.2 Å². The molecule has 0 saturated carbocycles. The van der Waals surface area contributed by atoms with Gasteiger partial charge in [-0.05, 0) is 38.1 Å². The molecule has 0 aliphatic carbocycles. The van der Waals surface area contributed by atoms with Gasteiger partial charge in [0.05, 0.1) is 22.9 Å². The van der Waals surface area contributed by atoms with Crippen molar-refractivity contribution in [2.24, 2.45) is 0 Å². The number of hydrogen-bond donors (Lipinski definition) is 1. The van der Waals surface area contributed by atoms with E-state index in [0.29, 0.717) is 32.0 Å². The maximum Gasteiger partial charge on any atom is 0.417 e. The molecule has 0 aromatic heterocycles. The Bertz CT molecular complexity index is 777. The van der Waals surface area contributed by atoms with Crippen LogP contribution in [-0.4, -0.2) is 42.5 Å². The minimum atomic E-state index is -4.76. The van der Waals surface area contributed by atoms with Gasteiger partial charge in [-0.15, -0.1) is 0 Å². The lowest BCUT2D eigenvalue weighted by molar-refractivity contribution is -0.137. The monoisotopic (exact) mass is 352 g/mol. The molecule has 0 radical (unpaired) electrons. The van der Waals surface area contributed by atoms with Crippen molar-refractivity contribution in [3.63, 3.8) is 0 Å². The second-order valence-corrected chi connectivity index (χ2v) is 6.30. The third kappa shape index (κ3) is 2.82. The van der Waals surface area contributed by atoms with E-state index in [2.05, 4.69) is 5.32 Å². The summed E-state index contributed by atoms with van der Waals surface area (Å²) in [5, 5.41) is 11.5. The Morgan fingerprint density at radius 3 is 2.44 bits per heavy atom. The molecule has 132 valence electrons. The van der Waals surface area contributed by atoms with Gasteiger partial charge in [-0.3, -0.25) is 4.79 Å². The number of piperidine rings is 1. The fraction of sp³-hybridized carbons (Fsp3) is 0.438. The zero-order chi connectivity index (χ0) is 18.4. The van der Waals surface area contributed by atoms with E-state index in [1.165, 1.54) is 12.1 Å². The molecule has 1 aromatic carbocycles. The summed E-state index contributed by atoms with van der Waals surface area (Å²) < 4.78 is 39.4. The molecule has 1 aromatic rings. The lowest BCUT2D eigenvalue weighted by Gasteiger charge is -2.35. The number of likely N-dealkylation sites (tertiary alicyclic amines) is 1. The first-order valence-electron chi connectivity index (χ1n) is 7.64. The summed E-state index contributed by atoms with van der Waals surface area (Å²) in [7, 11) is 1.89. The smallest absolute Gasteiger partial charge is 0.323 e. The number of benzene rings is 1. The molecule has 3 rings (SSSR count). The van der Waals surface area contributed by atoms with E-state index in [9.17, 15) is 22.8 Å². The first-order valence-corrected chi connectivity index (χ1v) is 7.64. The summed E-state index contributed by atoms with van der Waals surface area (Å²) >= 11 is 0. The van der Waals surface area contributed by atoms with E-state index < -0.39 is 34.8 Å². The molecule has 2 aliphatic rings. The molecular formula is C16H15F3N4O2. The number of anilines is 1. The van der Waals surface area contributed by atoms with E-state index in [4.69, 9.17) is 5.26 Å². The number of rotatable bonds is 1. The quantitative estimate of drug-likeness (QED) is 0.786. The predicted molar refractivity (Wildman–Crippen MR) is 81.6 cm³/mol. The average Bonchev–Trinajstić information content (AvgIpc) is 2.79. The fourth-order valence-electron chi connectivity index (χ4n) is 3.20. The molecule has 6 nitrogen and oxygen atoms in total. The Morgan fingerprint density at radius 2 is 1.88 bits per heavy atom. The van der Waals surface area contributed by atoms with Crippen molar-refractivity contribution in [1.82, 2.24) is 10.2 Å². The highest BCUT2D eigenvalue weighted by atomic mass is 19.4. The van der Waals surface area contributed by atoms with Crippen molar-refractivity contribution in [2.45, 2.75) is 24.6 Å². The minimum absolute atomic E-state index is 0.190. The maximum atomic E-state index is 13.1. The van der Waals surface area contributed by atoms with Gasteiger partial charge in [-0.1, -0.05) is 0 Å². The van der Waals surface area contributed by atoms with E-state index >= 15 is 0 Å². The Balaban J connectivity index is 1.99. The maximum absolute atomic E-state index is 13.1. The standard InChI is InChI=1S/C16H15F3N4O2/c1-22-6-4-15(5-7-22)13(24)23(14(25)21-15)11-3-2-10(9-20)12(8-11)16(17,18)19/h2-3,8H,4-7H2,1H3,(H,21,25). The van der Waals surface area contributed by atoms with Crippen LogP contribution in [0.1, 0.15) is 24.0 Å². The third-order valence-corrected chi connectivity index (χ3v) is 4.69. The molecule has 25 heavy (non-hydrogen) atoms. The molecule has 2 fully saturated rings. The molecule has 2 saturated heterocycles. The fourth-order valence-corrected chi connectivity index (χ4v) is 3.20. The number of alkyl halides is 3. The third-order valence-electron chi connectivity index (χ3n) is 4.69. The van der Waals surface area contributed by atoms with Crippen LogP contribution in [-0.2, 0) is 11.0 Å². The van der Waals surface area contributed by atoms with Crippen LogP contribution < -0.4 is 10.2 Å². The normalized spacial score (nSPS) is 20.7. The molecule has 2 heterocycles. The van der Waals surface area contributed by atoms with Gasteiger partial charge in [0.2, 0.25) is 0 Å². The van der Waals surface area contributed by atoms with Gasteiger partial charge in [-0.2, -0.15) is 18.4 Å². The first kappa shape index (κ1) is 17.2. The molecular weight excluding hydrogens is 337 g/mol. The lowest BCUT2D eigenvalue weighted by atomic mass is 9.87. The summed E-state index contributed by atoms with van der Waals surface area (Å²) in [4.78, 5) is 27.8. The van der Waals surface area contributed by atoms with Crippen LogP contribution in [0.3, 0.4) is 0 Å². The second kappa shape index (κ2) is 5.74.